The molecule has 1 aliphatic rings. The smallest absolute Gasteiger partial charge is 0.239 e. The number of amides is 2. The van der Waals surface area contributed by atoms with Crippen molar-refractivity contribution in [2.45, 2.75) is 20.8 Å². The number of morpholine rings is 1. The molecular formula is C16H22N2O3. The van der Waals surface area contributed by atoms with Crippen LogP contribution in [0.25, 0.3) is 0 Å². The molecule has 0 unspecified atom stereocenters. The van der Waals surface area contributed by atoms with Crippen molar-refractivity contribution in [2.24, 2.45) is 5.41 Å². The van der Waals surface area contributed by atoms with Gasteiger partial charge in [-0.15, -0.1) is 0 Å². The van der Waals surface area contributed by atoms with E-state index in [2.05, 4.69) is 5.32 Å². The molecule has 21 heavy (non-hydrogen) atoms. The lowest BCUT2D eigenvalue weighted by Gasteiger charge is -2.33. The van der Waals surface area contributed by atoms with Crippen LogP contribution in [0.2, 0.25) is 0 Å². The largest absolute Gasteiger partial charge is 0.378 e. The lowest BCUT2D eigenvalue weighted by Crippen LogP contribution is -2.51. The average molecular weight is 290 g/mol. The molecule has 0 bridgehead atoms. The van der Waals surface area contributed by atoms with Gasteiger partial charge in [-0.3, -0.25) is 9.59 Å². The molecular weight excluding hydrogens is 268 g/mol. The van der Waals surface area contributed by atoms with E-state index in [4.69, 9.17) is 4.74 Å². The Morgan fingerprint density at radius 1 is 1.14 bits per heavy atom. The second-order valence-corrected chi connectivity index (χ2v) is 5.85. The maximum atomic E-state index is 12.5. The summed E-state index contributed by atoms with van der Waals surface area (Å²) in [5, 5.41) is 2.81. The minimum atomic E-state index is -1.10. The van der Waals surface area contributed by atoms with E-state index in [0.29, 0.717) is 32.0 Å². The Balaban J connectivity index is 2.04. The topological polar surface area (TPSA) is 58.6 Å². The van der Waals surface area contributed by atoms with Gasteiger partial charge in [0.15, 0.2) is 0 Å². The average Bonchev–Trinajstić information content (AvgIpc) is 2.49. The number of benzene rings is 1. The van der Waals surface area contributed by atoms with Crippen molar-refractivity contribution in [2.75, 3.05) is 31.6 Å². The molecule has 0 radical (unpaired) electrons. The van der Waals surface area contributed by atoms with Crippen molar-refractivity contribution in [3.05, 3.63) is 29.8 Å². The monoisotopic (exact) mass is 290 g/mol. The predicted molar refractivity (Wildman–Crippen MR) is 81.0 cm³/mol. The second-order valence-electron chi connectivity index (χ2n) is 5.85. The second kappa shape index (κ2) is 6.26. The molecule has 5 heteroatoms. The highest BCUT2D eigenvalue weighted by Gasteiger charge is 2.39. The highest BCUT2D eigenvalue weighted by molar-refractivity contribution is 6.09. The van der Waals surface area contributed by atoms with Crippen LogP contribution in [0.1, 0.15) is 19.4 Å². The molecule has 0 aromatic heterocycles. The molecule has 1 aromatic carbocycles. The van der Waals surface area contributed by atoms with Crippen molar-refractivity contribution in [1.29, 1.82) is 0 Å². The van der Waals surface area contributed by atoms with Gasteiger partial charge in [-0.25, -0.2) is 0 Å². The number of nitrogens with one attached hydrogen (secondary N) is 1. The third-order valence-electron chi connectivity index (χ3n) is 3.71. The summed E-state index contributed by atoms with van der Waals surface area (Å²) in [5.41, 5.74) is 0.729. The van der Waals surface area contributed by atoms with Gasteiger partial charge in [0.1, 0.15) is 5.41 Å². The van der Waals surface area contributed by atoms with Crippen molar-refractivity contribution >= 4 is 17.5 Å². The van der Waals surface area contributed by atoms with Crippen LogP contribution in [-0.4, -0.2) is 43.0 Å². The van der Waals surface area contributed by atoms with Crippen LogP contribution in [-0.2, 0) is 14.3 Å². The Morgan fingerprint density at radius 3 is 2.29 bits per heavy atom. The Kier molecular flexibility index (Phi) is 4.63. The molecule has 5 nitrogen and oxygen atoms in total. The third-order valence-corrected chi connectivity index (χ3v) is 3.71. The van der Waals surface area contributed by atoms with E-state index in [-0.39, 0.29) is 11.8 Å². The van der Waals surface area contributed by atoms with E-state index in [0.717, 1.165) is 5.56 Å². The minimum absolute atomic E-state index is 0.157. The number of hydrogen-bond donors (Lipinski definition) is 1. The fourth-order valence-electron chi connectivity index (χ4n) is 2.18. The molecule has 1 N–H and O–H groups in total. The van der Waals surface area contributed by atoms with Gasteiger partial charge in [0.25, 0.3) is 0 Å². The predicted octanol–water partition coefficient (Wildman–Crippen LogP) is 1.82. The first kappa shape index (κ1) is 15.5. The fraction of sp³-hybridized carbons (Fsp3) is 0.500. The van der Waals surface area contributed by atoms with Crippen LogP contribution >= 0.6 is 0 Å². The number of anilines is 1. The maximum absolute atomic E-state index is 12.5. The third kappa shape index (κ3) is 3.61. The summed E-state index contributed by atoms with van der Waals surface area (Å²) in [7, 11) is 0. The van der Waals surface area contributed by atoms with Gasteiger partial charge in [-0.2, -0.15) is 0 Å². The van der Waals surface area contributed by atoms with Crippen LogP contribution in [0.15, 0.2) is 24.3 Å². The molecule has 0 spiro atoms. The van der Waals surface area contributed by atoms with Gasteiger partial charge in [0, 0.05) is 18.8 Å². The van der Waals surface area contributed by atoms with Gasteiger partial charge < -0.3 is 15.0 Å². The number of aryl methyl sites for hydroxylation is 1. The lowest BCUT2D eigenvalue weighted by molar-refractivity contribution is -0.149. The summed E-state index contributed by atoms with van der Waals surface area (Å²) in [6.45, 7) is 7.45. The van der Waals surface area contributed by atoms with Gasteiger partial charge in [0.2, 0.25) is 11.8 Å². The molecule has 2 amide bonds. The molecule has 0 atom stereocenters. The first-order valence-corrected chi connectivity index (χ1v) is 7.16. The molecule has 1 saturated heterocycles. The summed E-state index contributed by atoms with van der Waals surface area (Å²) < 4.78 is 5.24. The molecule has 1 aromatic rings. The number of hydrogen-bond acceptors (Lipinski definition) is 3. The van der Waals surface area contributed by atoms with E-state index < -0.39 is 5.41 Å². The number of carbonyl (C=O) groups excluding carboxylic acids is 2. The zero-order valence-corrected chi connectivity index (χ0v) is 12.8. The van der Waals surface area contributed by atoms with Crippen molar-refractivity contribution < 1.29 is 14.3 Å². The van der Waals surface area contributed by atoms with Gasteiger partial charge in [-0.1, -0.05) is 17.7 Å². The van der Waals surface area contributed by atoms with Crippen LogP contribution in [0.5, 0.6) is 0 Å². The summed E-state index contributed by atoms with van der Waals surface area (Å²) in [4.78, 5) is 26.6. The number of ether oxygens (including phenoxy) is 1. The Bertz CT molecular complexity index is 517. The number of rotatable bonds is 3. The molecule has 0 saturated carbocycles. The summed E-state index contributed by atoms with van der Waals surface area (Å²) in [6.07, 6.45) is 0. The molecule has 1 aliphatic heterocycles. The zero-order valence-electron chi connectivity index (χ0n) is 12.8. The van der Waals surface area contributed by atoms with Crippen molar-refractivity contribution in [3.8, 4) is 0 Å². The summed E-state index contributed by atoms with van der Waals surface area (Å²) in [6, 6.07) is 7.52. The van der Waals surface area contributed by atoms with Crippen molar-refractivity contribution in [3.63, 3.8) is 0 Å². The van der Waals surface area contributed by atoms with E-state index in [9.17, 15) is 9.59 Å². The normalized spacial score (nSPS) is 15.7. The molecule has 0 aliphatic carbocycles. The Hall–Kier alpha value is -1.88. The van der Waals surface area contributed by atoms with Crippen LogP contribution < -0.4 is 5.32 Å². The molecule has 1 fully saturated rings. The number of nitrogens with zero attached hydrogens (tertiary/aromatic N) is 1. The minimum Gasteiger partial charge on any atom is -0.378 e. The first-order chi connectivity index (χ1) is 9.91. The first-order valence-electron chi connectivity index (χ1n) is 7.16. The van der Waals surface area contributed by atoms with Gasteiger partial charge in [0.05, 0.1) is 13.2 Å². The molecule has 114 valence electrons. The lowest BCUT2D eigenvalue weighted by atomic mass is 9.90. The summed E-state index contributed by atoms with van der Waals surface area (Å²) in [5.74, 6) is -0.446. The summed E-state index contributed by atoms with van der Waals surface area (Å²) >= 11 is 0. The maximum Gasteiger partial charge on any atom is 0.239 e. The van der Waals surface area contributed by atoms with E-state index in [1.165, 1.54) is 0 Å². The number of carbonyl (C=O) groups is 2. The van der Waals surface area contributed by atoms with Crippen LogP contribution in [0.4, 0.5) is 5.69 Å². The van der Waals surface area contributed by atoms with E-state index in [1.807, 2.05) is 31.2 Å². The standard InChI is InChI=1S/C16H22N2O3/c1-12-4-6-13(7-5-12)17-14(19)16(2,3)15(20)18-8-10-21-11-9-18/h4-7H,8-11H2,1-3H3,(H,17,19). The van der Waals surface area contributed by atoms with Gasteiger partial charge >= 0.3 is 0 Å². The zero-order chi connectivity index (χ0) is 15.5. The molecule has 1 heterocycles. The molecule has 2 rings (SSSR count). The highest BCUT2D eigenvalue weighted by Crippen LogP contribution is 2.22. The van der Waals surface area contributed by atoms with Crippen LogP contribution in [0, 0.1) is 12.3 Å². The fourth-order valence-corrected chi connectivity index (χ4v) is 2.18. The van der Waals surface area contributed by atoms with Crippen molar-refractivity contribution in [1.82, 2.24) is 4.90 Å². The quantitative estimate of drug-likeness (QED) is 0.864. The Morgan fingerprint density at radius 2 is 1.71 bits per heavy atom. The van der Waals surface area contributed by atoms with Gasteiger partial charge in [-0.05, 0) is 32.9 Å². The van der Waals surface area contributed by atoms with E-state index >= 15 is 0 Å². The Labute approximate surface area is 125 Å². The highest BCUT2D eigenvalue weighted by atomic mass is 16.5. The SMILES string of the molecule is Cc1ccc(NC(=O)C(C)(C)C(=O)N2CCOCC2)cc1. The van der Waals surface area contributed by atoms with Crippen LogP contribution in [0.3, 0.4) is 0 Å². The van der Waals surface area contributed by atoms with E-state index in [1.54, 1.807) is 18.7 Å².